The van der Waals surface area contributed by atoms with E-state index in [1.807, 2.05) is 0 Å². The number of rotatable bonds is 1. The van der Waals surface area contributed by atoms with Gasteiger partial charge >= 0.3 is 0 Å². The Bertz CT molecular complexity index is 687. The fourth-order valence-electron chi connectivity index (χ4n) is 5.42. The Kier molecular flexibility index (Phi) is 2.68. The Hall–Kier alpha value is -0.870. The zero-order valence-electron chi connectivity index (χ0n) is 11.8. The first-order chi connectivity index (χ1) is 10.6. The molecule has 4 aliphatic carbocycles. The monoisotopic (exact) mass is 379 g/mol. The lowest BCUT2D eigenvalue weighted by Crippen LogP contribution is -2.43. The quantitative estimate of drug-likeness (QED) is 0.693. The van der Waals surface area contributed by atoms with Crippen LogP contribution in [0.25, 0.3) is 0 Å². The first-order valence-corrected chi connectivity index (χ1v) is 9.08. The van der Waals surface area contributed by atoms with Gasteiger partial charge in [0, 0.05) is 4.47 Å². The molecule has 6 unspecified atom stereocenters. The van der Waals surface area contributed by atoms with Crippen molar-refractivity contribution in [1.82, 2.24) is 0 Å². The third-order valence-electron chi connectivity index (χ3n) is 6.31. The molecule has 2 amide bonds. The fraction of sp³-hybridized carbons (Fsp3) is 0.529. The first-order valence-electron chi connectivity index (χ1n) is 7.91. The van der Waals surface area contributed by atoms with E-state index in [1.165, 1.54) is 11.3 Å². The highest BCUT2D eigenvalue weighted by Gasteiger charge is 2.68. The van der Waals surface area contributed by atoms with E-state index in [0.717, 1.165) is 17.3 Å². The SMILES string of the molecule is O=C1C2C3CCC(C4CC43)C2C(=O)N1c1ccc(Br)c(Cl)c1. The van der Waals surface area contributed by atoms with Gasteiger partial charge in [0.1, 0.15) is 0 Å². The number of halogens is 2. The standard InChI is InChI=1S/C17H15BrClNO2/c18-12-4-1-7(5-13(12)19)20-16(21)14-8-2-3-9(11-6-10(8)11)15(14)17(20)22/h1,4-5,8-11,14-15H,2-3,6H2. The number of carbonyl (C=O) groups excluding carboxylic acids is 2. The van der Waals surface area contributed by atoms with Gasteiger partial charge in [-0.2, -0.15) is 0 Å². The lowest BCUT2D eigenvalue weighted by molar-refractivity contribution is -0.129. The Morgan fingerprint density at radius 3 is 2.14 bits per heavy atom. The summed E-state index contributed by atoms with van der Waals surface area (Å²) >= 11 is 9.50. The largest absolute Gasteiger partial charge is 0.274 e. The highest BCUT2D eigenvalue weighted by Crippen LogP contribution is 2.68. The number of carbonyl (C=O) groups is 2. The lowest BCUT2D eigenvalue weighted by Gasteiger charge is -2.42. The van der Waals surface area contributed by atoms with Crippen molar-refractivity contribution in [2.75, 3.05) is 4.90 Å². The van der Waals surface area contributed by atoms with Crippen LogP contribution in [0.4, 0.5) is 5.69 Å². The molecule has 1 saturated heterocycles. The summed E-state index contributed by atoms with van der Waals surface area (Å²) in [4.78, 5) is 27.3. The van der Waals surface area contributed by atoms with Crippen LogP contribution in [0.3, 0.4) is 0 Å². The van der Waals surface area contributed by atoms with Gasteiger partial charge in [-0.3, -0.25) is 9.59 Å². The molecule has 6 atom stereocenters. The molecule has 1 aliphatic heterocycles. The third kappa shape index (κ3) is 1.58. The minimum Gasteiger partial charge on any atom is -0.274 e. The van der Waals surface area contributed by atoms with E-state index in [1.54, 1.807) is 18.2 Å². The van der Waals surface area contributed by atoms with Gasteiger partial charge in [-0.15, -0.1) is 0 Å². The Morgan fingerprint density at radius 1 is 1.00 bits per heavy atom. The molecule has 4 saturated carbocycles. The summed E-state index contributed by atoms with van der Waals surface area (Å²) in [5, 5.41) is 0.527. The van der Waals surface area contributed by atoms with E-state index in [-0.39, 0.29) is 23.7 Å². The number of nitrogens with zero attached hydrogens (tertiary/aromatic N) is 1. The summed E-state index contributed by atoms with van der Waals surface area (Å²) < 4.78 is 0.774. The van der Waals surface area contributed by atoms with Gasteiger partial charge in [-0.05, 0) is 77.1 Å². The van der Waals surface area contributed by atoms with Crippen molar-refractivity contribution >= 4 is 45.0 Å². The van der Waals surface area contributed by atoms with Crippen molar-refractivity contribution in [2.45, 2.75) is 19.3 Å². The van der Waals surface area contributed by atoms with Crippen LogP contribution in [0, 0.1) is 35.5 Å². The summed E-state index contributed by atoms with van der Waals surface area (Å²) in [5.74, 6) is 2.17. The highest BCUT2D eigenvalue weighted by atomic mass is 79.9. The average Bonchev–Trinajstić information content (AvgIpc) is 3.28. The lowest BCUT2D eigenvalue weighted by atomic mass is 9.59. The van der Waals surface area contributed by atoms with Crippen LogP contribution >= 0.6 is 27.5 Å². The van der Waals surface area contributed by atoms with Crippen LogP contribution < -0.4 is 4.90 Å². The van der Waals surface area contributed by atoms with E-state index in [0.29, 0.717) is 34.4 Å². The predicted molar refractivity (Wildman–Crippen MR) is 86.4 cm³/mol. The van der Waals surface area contributed by atoms with Crippen molar-refractivity contribution in [3.63, 3.8) is 0 Å². The molecule has 1 aromatic rings. The molecule has 5 fully saturated rings. The van der Waals surface area contributed by atoms with Crippen LogP contribution in [0.15, 0.2) is 22.7 Å². The molecule has 0 spiro atoms. The first kappa shape index (κ1) is 13.6. The molecule has 1 aromatic carbocycles. The van der Waals surface area contributed by atoms with Crippen LogP contribution in [-0.2, 0) is 9.59 Å². The van der Waals surface area contributed by atoms with E-state index in [2.05, 4.69) is 15.9 Å². The van der Waals surface area contributed by atoms with E-state index >= 15 is 0 Å². The van der Waals surface area contributed by atoms with Crippen LogP contribution in [0.1, 0.15) is 19.3 Å². The maximum Gasteiger partial charge on any atom is 0.237 e. The average molecular weight is 381 g/mol. The summed E-state index contributed by atoms with van der Waals surface area (Å²) in [6.07, 6.45) is 3.49. The molecule has 0 radical (unpaired) electrons. The topological polar surface area (TPSA) is 37.4 Å². The summed E-state index contributed by atoms with van der Waals surface area (Å²) in [6, 6.07) is 5.30. The fourth-order valence-corrected chi connectivity index (χ4v) is 5.84. The van der Waals surface area contributed by atoms with E-state index in [4.69, 9.17) is 11.6 Å². The molecule has 1 heterocycles. The van der Waals surface area contributed by atoms with Crippen LogP contribution in [0.5, 0.6) is 0 Å². The van der Waals surface area contributed by atoms with Crippen LogP contribution in [0.2, 0.25) is 5.02 Å². The molecule has 0 N–H and O–H groups in total. The summed E-state index contributed by atoms with van der Waals surface area (Å²) in [7, 11) is 0. The molecule has 6 rings (SSSR count). The second-order valence-electron chi connectivity index (χ2n) is 7.13. The molecule has 2 bridgehead atoms. The highest BCUT2D eigenvalue weighted by molar-refractivity contribution is 9.10. The maximum atomic E-state index is 13.0. The van der Waals surface area contributed by atoms with Gasteiger partial charge in [0.15, 0.2) is 0 Å². The number of anilines is 1. The predicted octanol–water partition coefficient (Wildman–Crippen LogP) is 3.88. The van der Waals surface area contributed by atoms with Crippen molar-refractivity contribution in [2.24, 2.45) is 35.5 Å². The Balaban J connectivity index is 1.57. The molecule has 22 heavy (non-hydrogen) atoms. The zero-order valence-corrected chi connectivity index (χ0v) is 14.2. The van der Waals surface area contributed by atoms with Crippen molar-refractivity contribution in [1.29, 1.82) is 0 Å². The van der Waals surface area contributed by atoms with Gasteiger partial charge in [0.05, 0.1) is 22.5 Å². The smallest absolute Gasteiger partial charge is 0.237 e. The molecule has 5 aliphatic rings. The van der Waals surface area contributed by atoms with E-state index < -0.39 is 0 Å². The number of fused-ring (bicyclic) bond motifs is 1. The second kappa shape index (κ2) is 4.35. The third-order valence-corrected chi connectivity index (χ3v) is 7.54. The van der Waals surface area contributed by atoms with Gasteiger partial charge in [0.25, 0.3) is 0 Å². The summed E-state index contributed by atoms with van der Waals surface area (Å²) in [5.41, 5.74) is 0.616. The number of imide groups is 1. The molecule has 114 valence electrons. The van der Waals surface area contributed by atoms with Gasteiger partial charge < -0.3 is 0 Å². The summed E-state index contributed by atoms with van der Waals surface area (Å²) in [6.45, 7) is 0. The van der Waals surface area contributed by atoms with Crippen molar-refractivity contribution < 1.29 is 9.59 Å². The molecule has 5 heteroatoms. The van der Waals surface area contributed by atoms with Gasteiger partial charge in [-0.25, -0.2) is 4.90 Å². The minimum absolute atomic E-state index is 0.00781. The van der Waals surface area contributed by atoms with Crippen LogP contribution in [-0.4, -0.2) is 11.8 Å². The molecular formula is C17H15BrClNO2. The minimum atomic E-state index is -0.0718. The Labute approximate surface area is 142 Å². The number of hydrogen-bond acceptors (Lipinski definition) is 2. The molecule has 0 aromatic heterocycles. The van der Waals surface area contributed by atoms with Crippen molar-refractivity contribution in [3.05, 3.63) is 27.7 Å². The van der Waals surface area contributed by atoms with Gasteiger partial charge in [0.2, 0.25) is 11.8 Å². The van der Waals surface area contributed by atoms with Crippen molar-refractivity contribution in [3.8, 4) is 0 Å². The zero-order chi connectivity index (χ0) is 15.2. The maximum absolute atomic E-state index is 13.0. The second-order valence-corrected chi connectivity index (χ2v) is 8.39. The number of benzene rings is 1. The molecule has 3 nitrogen and oxygen atoms in total. The Morgan fingerprint density at radius 2 is 1.59 bits per heavy atom. The number of hydrogen-bond donors (Lipinski definition) is 0. The van der Waals surface area contributed by atoms with Gasteiger partial charge in [-0.1, -0.05) is 11.6 Å². The normalized spacial score (nSPS) is 41.6. The molecular weight excluding hydrogens is 366 g/mol. The number of amides is 2. The van der Waals surface area contributed by atoms with E-state index in [9.17, 15) is 9.59 Å².